The lowest BCUT2D eigenvalue weighted by atomic mass is 10.1. The van der Waals surface area contributed by atoms with Gasteiger partial charge in [-0.25, -0.2) is 17.8 Å². The molecule has 2 heterocycles. The third-order valence-electron chi connectivity index (χ3n) is 3.94. The lowest BCUT2D eigenvalue weighted by Gasteiger charge is -2.14. The van der Waals surface area contributed by atoms with E-state index in [-0.39, 0.29) is 10.9 Å². The normalized spacial score (nSPS) is 13.5. The molecular weight excluding hydrogens is 330 g/mol. The molecule has 3 aromatic rings. The lowest BCUT2D eigenvalue weighted by molar-refractivity contribution is 0.392. The van der Waals surface area contributed by atoms with Crippen molar-refractivity contribution in [2.75, 3.05) is 0 Å². The fourth-order valence-corrected chi connectivity index (χ4v) is 3.92. The molecule has 1 atom stereocenters. The van der Waals surface area contributed by atoms with Crippen LogP contribution in [-0.4, -0.2) is 34.6 Å². The molecule has 9 heteroatoms. The van der Waals surface area contributed by atoms with Crippen LogP contribution in [0, 0.1) is 13.8 Å². The number of nitrogens with zero attached hydrogens (tertiary/aromatic N) is 4. The van der Waals surface area contributed by atoms with Crippen LogP contribution >= 0.6 is 0 Å². The zero-order valence-electron chi connectivity index (χ0n) is 13.9. The fourth-order valence-electron chi connectivity index (χ4n) is 2.66. The van der Waals surface area contributed by atoms with Crippen molar-refractivity contribution in [3.8, 4) is 0 Å². The monoisotopic (exact) mass is 349 g/mol. The summed E-state index contributed by atoms with van der Waals surface area (Å²) in [7, 11) is -1.89. The van der Waals surface area contributed by atoms with Gasteiger partial charge in [-0.05, 0) is 45.4 Å². The summed E-state index contributed by atoms with van der Waals surface area (Å²) in [4.78, 5) is 0.168. The van der Waals surface area contributed by atoms with E-state index in [9.17, 15) is 8.42 Å². The SMILES string of the molecule is Cc1noc(C)c1C[C@@H](C)NS(=O)(=O)c1ccc2c(c1)nnn2C. The molecule has 0 saturated heterocycles. The van der Waals surface area contributed by atoms with E-state index < -0.39 is 10.0 Å². The van der Waals surface area contributed by atoms with Crippen molar-refractivity contribution in [2.45, 2.75) is 38.1 Å². The second-order valence-corrected chi connectivity index (χ2v) is 7.61. The van der Waals surface area contributed by atoms with Crippen LogP contribution in [0.3, 0.4) is 0 Å². The van der Waals surface area contributed by atoms with Crippen molar-refractivity contribution in [3.63, 3.8) is 0 Å². The Kier molecular flexibility index (Phi) is 4.14. The number of aryl methyl sites for hydroxylation is 3. The number of aromatic nitrogens is 4. The zero-order valence-corrected chi connectivity index (χ0v) is 14.8. The average molecular weight is 349 g/mol. The summed E-state index contributed by atoms with van der Waals surface area (Å²) in [6, 6.07) is 4.47. The molecule has 0 bridgehead atoms. The largest absolute Gasteiger partial charge is 0.361 e. The molecule has 0 unspecified atom stereocenters. The van der Waals surface area contributed by atoms with Crippen molar-refractivity contribution in [2.24, 2.45) is 7.05 Å². The minimum absolute atomic E-state index is 0.168. The number of benzene rings is 1. The van der Waals surface area contributed by atoms with E-state index >= 15 is 0 Å². The number of hydrogen-bond donors (Lipinski definition) is 1. The Labute approximate surface area is 139 Å². The Morgan fingerprint density at radius 1 is 1.33 bits per heavy atom. The molecule has 24 heavy (non-hydrogen) atoms. The molecule has 128 valence electrons. The smallest absolute Gasteiger partial charge is 0.240 e. The number of nitrogens with one attached hydrogen (secondary N) is 1. The van der Waals surface area contributed by atoms with Crippen LogP contribution in [0.15, 0.2) is 27.6 Å². The fraction of sp³-hybridized carbons (Fsp3) is 0.400. The molecule has 0 fully saturated rings. The molecular formula is C15H19N5O3S. The quantitative estimate of drug-likeness (QED) is 0.748. The van der Waals surface area contributed by atoms with Crippen LogP contribution in [0.1, 0.15) is 23.9 Å². The summed E-state index contributed by atoms with van der Waals surface area (Å²) in [5, 5.41) is 11.7. The van der Waals surface area contributed by atoms with Gasteiger partial charge in [-0.15, -0.1) is 5.10 Å². The minimum Gasteiger partial charge on any atom is -0.361 e. The Morgan fingerprint density at radius 2 is 2.08 bits per heavy atom. The van der Waals surface area contributed by atoms with Gasteiger partial charge < -0.3 is 4.52 Å². The van der Waals surface area contributed by atoms with Gasteiger partial charge in [-0.2, -0.15) is 0 Å². The molecule has 0 radical (unpaired) electrons. The first-order valence-corrected chi connectivity index (χ1v) is 9.00. The maximum Gasteiger partial charge on any atom is 0.240 e. The van der Waals surface area contributed by atoms with Gasteiger partial charge in [0.15, 0.2) is 0 Å². The predicted octanol–water partition coefficient (Wildman–Crippen LogP) is 1.48. The number of sulfonamides is 1. The van der Waals surface area contributed by atoms with Crippen molar-refractivity contribution >= 4 is 21.1 Å². The number of fused-ring (bicyclic) bond motifs is 1. The van der Waals surface area contributed by atoms with Gasteiger partial charge >= 0.3 is 0 Å². The highest BCUT2D eigenvalue weighted by Crippen LogP contribution is 2.18. The summed E-state index contributed by atoms with van der Waals surface area (Å²) in [5.74, 6) is 0.708. The molecule has 0 aliphatic heterocycles. The van der Waals surface area contributed by atoms with Crippen molar-refractivity contribution in [1.82, 2.24) is 24.9 Å². The zero-order chi connectivity index (χ0) is 17.5. The summed E-state index contributed by atoms with van der Waals surface area (Å²) in [5.41, 5.74) is 3.02. The van der Waals surface area contributed by atoms with E-state index in [1.807, 2.05) is 20.8 Å². The molecule has 2 aromatic heterocycles. The molecule has 0 aliphatic carbocycles. The highest BCUT2D eigenvalue weighted by atomic mass is 32.2. The third-order valence-corrected chi connectivity index (χ3v) is 5.53. The van der Waals surface area contributed by atoms with Gasteiger partial charge in [0.05, 0.1) is 16.1 Å². The first-order valence-electron chi connectivity index (χ1n) is 7.51. The van der Waals surface area contributed by atoms with Gasteiger partial charge in [0.25, 0.3) is 0 Å². The second-order valence-electron chi connectivity index (χ2n) is 5.89. The van der Waals surface area contributed by atoms with Gasteiger partial charge in [0.2, 0.25) is 10.0 Å². The Morgan fingerprint density at radius 3 is 2.75 bits per heavy atom. The molecule has 0 amide bonds. The molecule has 1 aromatic carbocycles. The maximum absolute atomic E-state index is 12.6. The highest BCUT2D eigenvalue weighted by Gasteiger charge is 2.21. The van der Waals surface area contributed by atoms with Crippen molar-refractivity contribution < 1.29 is 12.9 Å². The summed E-state index contributed by atoms with van der Waals surface area (Å²) >= 11 is 0. The first kappa shape index (κ1) is 16.6. The number of hydrogen-bond acceptors (Lipinski definition) is 6. The van der Waals surface area contributed by atoms with Crippen LogP contribution in [0.4, 0.5) is 0 Å². The first-order chi connectivity index (χ1) is 11.3. The van der Waals surface area contributed by atoms with E-state index in [1.54, 1.807) is 23.9 Å². The minimum atomic E-state index is -3.65. The Hall–Kier alpha value is -2.26. The molecule has 8 nitrogen and oxygen atoms in total. The van der Waals surface area contributed by atoms with E-state index in [0.29, 0.717) is 17.7 Å². The molecule has 0 aliphatic rings. The maximum atomic E-state index is 12.6. The van der Waals surface area contributed by atoms with Gasteiger partial charge in [-0.1, -0.05) is 10.4 Å². The van der Waals surface area contributed by atoms with Crippen LogP contribution < -0.4 is 4.72 Å². The molecule has 1 N–H and O–H groups in total. The lowest BCUT2D eigenvalue weighted by Crippen LogP contribution is -2.34. The molecule has 0 saturated carbocycles. The predicted molar refractivity (Wildman–Crippen MR) is 88.0 cm³/mol. The van der Waals surface area contributed by atoms with Crippen molar-refractivity contribution in [1.29, 1.82) is 0 Å². The highest BCUT2D eigenvalue weighted by molar-refractivity contribution is 7.89. The van der Waals surface area contributed by atoms with E-state index in [0.717, 1.165) is 16.8 Å². The van der Waals surface area contributed by atoms with Gasteiger partial charge in [0, 0.05) is 18.7 Å². The van der Waals surface area contributed by atoms with E-state index in [2.05, 4.69) is 20.2 Å². The van der Waals surface area contributed by atoms with Gasteiger partial charge in [-0.3, -0.25) is 0 Å². The summed E-state index contributed by atoms with van der Waals surface area (Å²) in [6.45, 7) is 5.47. The average Bonchev–Trinajstić information content (AvgIpc) is 3.04. The summed E-state index contributed by atoms with van der Waals surface area (Å²) < 4.78 is 34.6. The van der Waals surface area contributed by atoms with Crippen LogP contribution in [0.25, 0.3) is 11.0 Å². The standard InChI is InChI=1S/C15H19N5O3S/c1-9(7-13-10(2)17-23-11(13)3)18-24(21,22)12-5-6-15-14(8-12)16-19-20(15)4/h5-6,8-9,18H,7H2,1-4H3/t9-/m1/s1. The van der Waals surface area contributed by atoms with Crippen LogP contribution in [0.2, 0.25) is 0 Å². The Balaban J connectivity index is 1.81. The third kappa shape index (κ3) is 3.04. The molecule has 0 spiro atoms. The van der Waals surface area contributed by atoms with Crippen LogP contribution in [0.5, 0.6) is 0 Å². The van der Waals surface area contributed by atoms with Crippen molar-refractivity contribution in [3.05, 3.63) is 35.2 Å². The van der Waals surface area contributed by atoms with Crippen LogP contribution in [-0.2, 0) is 23.5 Å². The Bertz CT molecular complexity index is 970. The molecule has 3 rings (SSSR count). The number of rotatable bonds is 5. The van der Waals surface area contributed by atoms with E-state index in [4.69, 9.17) is 4.52 Å². The topological polar surface area (TPSA) is 103 Å². The summed E-state index contributed by atoms with van der Waals surface area (Å²) in [6.07, 6.45) is 0.508. The van der Waals surface area contributed by atoms with Gasteiger partial charge in [0.1, 0.15) is 11.3 Å². The van der Waals surface area contributed by atoms with E-state index in [1.165, 1.54) is 6.07 Å². The second kappa shape index (κ2) is 5.99.